The summed E-state index contributed by atoms with van der Waals surface area (Å²) in [6.45, 7) is 0. The summed E-state index contributed by atoms with van der Waals surface area (Å²) in [7, 11) is 0. The average Bonchev–Trinajstić information content (AvgIpc) is 2.46. The zero-order valence-corrected chi connectivity index (χ0v) is 11.0. The minimum atomic E-state index is -0.495. The number of nitro groups is 1. The number of benzene rings is 2. The number of nitrogens with zero attached hydrogens (tertiary/aromatic N) is 1. The van der Waals surface area contributed by atoms with Crippen LogP contribution in [0.15, 0.2) is 54.6 Å². The number of nitrogen functional groups attached to an aromatic ring is 1. The van der Waals surface area contributed by atoms with Gasteiger partial charge in [0.15, 0.2) is 0 Å². The molecule has 0 saturated heterocycles. The SMILES string of the molecule is Nc1cccc(/C=C/C(=O)Nc2ccc([N+](=O)[O-])cc2)c1. The van der Waals surface area contributed by atoms with Gasteiger partial charge in [0.1, 0.15) is 0 Å². The summed E-state index contributed by atoms with van der Waals surface area (Å²) >= 11 is 0. The van der Waals surface area contributed by atoms with Crippen molar-refractivity contribution in [2.75, 3.05) is 11.1 Å². The molecule has 0 aliphatic heterocycles. The van der Waals surface area contributed by atoms with Crippen molar-refractivity contribution in [2.45, 2.75) is 0 Å². The summed E-state index contributed by atoms with van der Waals surface area (Å²) in [6, 6.07) is 12.7. The smallest absolute Gasteiger partial charge is 0.269 e. The lowest BCUT2D eigenvalue weighted by molar-refractivity contribution is -0.384. The third-order valence-corrected chi connectivity index (χ3v) is 2.68. The van der Waals surface area contributed by atoms with Gasteiger partial charge in [0.05, 0.1) is 4.92 Å². The van der Waals surface area contributed by atoms with Gasteiger partial charge >= 0.3 is 0 Å². The lowest BCUT2D eigenvalue weighted by Crippen LogP contribution is -2.07. The van der Waals surface area contributed by atoms with Gasteiger partial charge in [-0.2, -0.15) is 0 Å². The maximum atomic E-state index is 11.7. The molecule has 6 nitrogen and oxygen atoms in total. The Hall–Kier alpha value is -3.15. The minimum absolute atomic E-state index is 0.0247. The van der Waals surface area contributed by atoms with Crippen molar-refractivity contribution in [3.8, 4) is 0 Å². The molecule has 0 unspecified atom stereocenters. The second kappa shape index (κ2) is 6.33. The summed E-state index contributed by atoms with van der Waals surface area (Å²) in [5.74, 6) is -0.328. The van der Waals surface area contributed by atoms with Crippen molar-refractivity contribution in [3.05, 3.63) is 70.3 Å². The lowest BCUT2D eigenvalue weighted by atomic mass is 10.2. The van der Waals surface area contributed by atoms with E-state index >= 15 is 0 Å². The number of nitrogens with one attached hydrogen (secondary N) is 1. The van der Waals surface area contributed by atoms with Gasteiger partial charge in [0.25, 0.3) is 5.69 Å². The van der Waals surface area contributed by atoms with Crippen molar-refractivity contribution in [1.29, 1.82) is 0 Å². The number of hydrogen-bond acceptors (Lipinski definition) is 4. The van der Waals surface area contributed by atoms with Gasteiger partial charge in [-0.25, -0.2) is 0 Å². The minimum Gasteiger partial charge on any atom is -0.399 e. The Morgan fingerprint density at radius 3 is 2.52 bits per heavy atom. The van der Waals surface area contributed by atoms with E-state index in [0.29, 0.717) is 11.4 Å². The molecule has 0 bridgehead atoms. The van der Waals surface area contributed by atoms with E-state index in [2.05, 4.69) is 5.32 Å². The van der Waals surface area contributed by atoms with Crippen molar-refractivity contribution >= 4 is 29.0 Å². The molecule has 2 rings (SSSR count). The first-order valence-electron chi connectivity index (χ1n) is 6.13. The van der Waals surface area contributed by atoms with Crippen LogP contribution in [-0.2, 0) is 4.79 Å². The van der Waals surface area contributed by atoms with Gasteiger partial charge in [-0.05, 0) is 35.9 Å². The molecular weight excluding hydrogens is 270 g/mol. The number of rotatable bonds is 4. The van der Waals surface area contributed by atoms with E-state index in [1.165, 1.54) is 30.3 Å². The van der Waals surface area contributed by atoms with Gasteiger partial charge in [0.2, 0.25) is 5.91 Å². The molecule has 0 aliphatic carbocycles. The van der Waals surface area contributed by atoms with Crippen LogP contribution in [0.4, 0.5) is 17.1 Å². The third kappa shape index (κ3) is 4.17. The summed E-state index contributed by atoms with van der Waals surface area (Å²) in [5, 5.41) is 13.1. The third-order valence-electron chi connectivity index (χ3n) is 2.68. The first-order chi connectivity index (χ1) is 10.0. The zero-order valence-electron chi connectivity index (χ0n) is 11.0. The maximum absolute atomic E-state index is 11.7. The number of non-ortho nitro benzene ring substituents is 1. The molecule has 2 aromatic carbocycles. The fourth-order valence-electron chi connectivity index (χ4n) is 1.68. The maximum Gasteiger partial charge on any atom is 0.269 e. The molecular formula is C15H13N3O3. The van der Waals surface area contributed by atoms with Gasteiger partial charge < -0.3 is 11.1 Å². The van der Waals surface area contributed by atoms with Crippen LogP contribution in [0, 0.1) is 10.1 Å². The molecule has 0 radical (unpaired) electrons. The van der Waals surface area contributed by atoms with E-state index in [4.69, 9.17) is 5.73 Å². The van der Waals surface area contributed by atoms with Crippen LogP contribution in [0.2, 0.25) is 0 Å². The Bertz CT molecular complexity index is 694. The van der Waals surface area contributed by atoms with Crippen molar-refractivity contribution in [1.82, 2.24) is 0 Å². The predicted octanol–water partition coefficient (Wildman–Crippen LogP) is 2.83. The first kappa shape index (κ1) is 14.3. The van der Waals surface area contributed by atoms with Crippen molar-refractivity contribution in [3.63, 3.8) is 0 Å². The van der Waals surface area contributed by atoms with Crippen LogP contribution in [-0.4, -0.2) is 10.8 Å². The molecule has 0 aromatic heterocycles. The van der Waals surface area contributed by atoms with Gasteiger partial charge in [-0.3, -0.25) is 14.9 Å². The Morgan fingerprint density at radius 1 is 1.19 bits per heavy atom. The number of nitrogens with two attached hydrogens (primary N) is 1. The Morgan fingerprint density at radius 2 is 1.90 bits per heavy atom. The van der Waals surface area contributed by atoms with Crippen molar-refractivity contribution in [2.24, 2.45) is 0 Å². The molecule has 0 spiro atoms. The molecule has 0 fully saturated rings. The normalized spacial score (nSPS) is 10.5. The molecule has 0 atom stereocenters. The van der Waals surface area contributed by atoms with Crippen molar-refractivity contribution < 1.29 is 9.72 Å². The van der Waals surface area contributed by atoms with E-state index in [-0.39, 0.29) is 11.6 Å². The van der Waals surface area contributed by atoms with E-state index in [1.54, 1.807) is 24.3 Å². The van der Waals surface area contributed by atoms with Gasteiger partial charge in [-0.1, -0.05) is 12.1 Å². The Balaban J connectivity index is 1.99. The summed E-state index contributed by atoms with van der Waals surface area (Å²) in [4.78, 5) is 21.7. The fourth-order valence-corrected chi connectivity index (χ4v) is 1.68. The molecule has 0 heterocycles. The Kier molecular flexibility index (Phi) is 4.30. The number of amides is 1. The highest BCUT2D eigenvalue weighted by molar-refractivity contribution is 6.02. The van der Waals surface area contributed by atoms with Crippen LogP contribution >= 0.6 is 0 Å². The number of carbonyl (C=O) groups excluding carboxylic acids is 1. The van der Waals surface area contributed by atoms with E-state index in [9.17, 15) is 14.9 Å². The highest BCUT2D eigenvalue weighted by Gasteiger charge is 2.04. The number of carbonyl (C=O) groups is 1. The number of anilines is 2. The second-order valence-corrected chi connectivity index (χ2v) is 4.30. The van der Waals surface area contributed by atoms with E-state index in [0.717, 1.165) is 5.56 Å². The fraction of sp³-hybridized carbons (Fsp3) is 0. The average molecular weight is 283 g/mol. The van der Waals surface area contributed by atoms with E-state index in [1.807, 2.05) is 6.07 Å². The highest BCUT2D eigenvalue weighted by atomic mass is 16.6. The quantitative estimate of drug-likeness (QED) is 0.390. The summed E-state index contributed by atoms with van der Waals surface area (Å²) in [6.07, 6.45) is 3.01. The first-order valence-corrected chi connectivity index (χ1v) is 6.13. The van der Waals surface area contributed by atoms with Crippen LogP contribution in [0.3, 0.4) is 0 Å². The standard InChI is InChI=1S/C15H13N3O3/c16-12-3-1-2-11(10-12)4-9-15(19)17-13-5-7-14(8-6-13)18(20)21/h1-10H,16H2,(H,17,19)/b9-4+. The van der Waals surface area contributed by atoms with Crippen LogP contribution in [0.1, 0.15) is 5.56 Å². The molecule has 3 N–H and O–H groups in total. The van der Waals surface area contributed by atoms with Gasteiger partial charge in [0, 0.05) is 29.6 Å². The highest BCUT2D eigenvalue weighted by Crippen LogP contribution is 2.15. The topological polar surface area (TPSA) is 98.3 Å². The van der Waals surface area contributed by atoms with Crippen LogP contribution < -0.4 is 11.1 Å². The Labute approximate surface area is 121 Å². The second-order valence-electron chi connectivity index (χ2n) is 4.30. The molecule has 1 amide bonds. The molecule has 0 saturated carbocycles. The monoisotopic (exact) mass is 283 g/mol. The summed E-state index contributed by atoms with van der Waals surface area (Å²) < 4.78 is 0. The largest absolute Gasteiger partial charge is 0.399 e. The summed E-state index contributed by atoms with van der Waals surface area (Å²) in [5.41, 5.74) is 7.53. The van der Waals surface area contributed by atoms with Crippen LogP contribution in [0.25, 0.3) is 6.08 Å². The number of nitro benzene ring substituents is 1. The molecule has 21 heavy (non-hydrogen) atoms. The lowest BCUT2D eigenvalue weighted by Gasteiger charge is -2.01. The molecule has 6 heteroatoms. The molecule has 106 valence electrons. The van der Waals surface area contributed by atoms with Gasteiger partial charge in [-0.15, -0.1) is 0 Å². The zero-order chi connectivity index (χ0) is 15.2. The van der Waals surface area contributed by atoms with E-state index < -0.39 is 4.92 Å². The van der Waals surface area contributed by atoms with Crippen LogP contribution in [0.5, 0.6) is 0 Å². The number of hydrogen-bond donors (Lipinski definition) is 2. The predicted molar refractivity (Wildman–Crippen MR) is 81.6 cm³/mol. The molecule has 2 aromatic rings. The molecule has 0 aliphatic rings.